The number of hydrogen-bond acceptors (Lipinski definition) is 6. The van der Waals surface area contributed by atoms with Gasteiger partial charge in [-0.25, -0.2) is 14.8 Å². The Kier molecular flexibility index (Phi) is 8.62. The van der Waals surface area contributed by atoms with Gasteiger partial charge in [-0.1, -0.05) is 66.7 Å². The molecule has 49 heavy (non-hydrogen) atoms. The Labute approximate surface area is 283 Å². The Morgan fingerprint density at radius 2 is 1.71 bits per heavy atom. The number of phenols is 1. The van der Waals surface area contributed by atoms with Gasteiger partial charge >= 0.3 is 6.03 Å². The first kappa shape index (κ1) is 31.7. The summed E-state index contributed by atoms with van der Waals surface area (Å²) in [6.07, 6.45) is 1.42. The number of H-pyrrole nitrogens is 1. The van der Waals surface area contributed by atoms with Gasteiger partial charge in [0.05, 0.1) is 31.2 Å². The lowest BCUT2D eigenvalue weighted by molar-refractivity contribution is -0.719. The van der Waals surface area contributed by atoms with E-state index in [1.165, 1.54) is 0 Å². The SMILES string of the molecule is CN1CC(=O)N2[C@@H](Cc3ccc(O)cc3)C(=O)N(Cc3cccc4c[nH][n+](Cc5cccc(N)c5)c34)C[C@@H]2N1C(=O)NCc1ccccc1. The molecule has 5 aromatic rings. The fraction of sp³-hybridized carbons (Fsp3) is 0.243. The van der Waals surface area contributed by atoms with Gasteiger partial charge in [-0.2, -0.15) is 5.10 Å². The summed E-state index contributed by atoms with van der Waals surface area (Å²) in [4.78, 5) is 45.4. The van der Waals surface area contributed by atoms with Crippen LogP contribution in [0.4, 0.5) is 10.5 Å². The van der Waals surface area contributed by atoms with Crippen LogP contribution < -0.4 is 15.7 Å². The van der Waals surface area contributed by atoms with Crippen molar-refractivity contribution in [3.05, 3.63) is 126 Å². The third-order valence-electron chi connectivity index (χ3n) is 9.25. The summed E-state index contributed by atoms with van der Waals surface area (Å²) in [7, 11) is 1.72. The number of nitrogens with two attached hydrogens (primary N) is 1. The molecule has 12 nitrogen and oxygen atoms in total. The summed E-state index contributed by atoms with van der Waals surface area (Å²) >= 11 is 0. The van der Waals surface area contributed by atoms with E-state index in [9.17, 15) is 19.5 Å². The lowest BCUT2D eigenvalue weighted by Gasteiger charge is -2.54. The first-order chi connectivity index (χ1) is 23.7. The van der Waals surface area contributed by atoms with Crippen LogP contribution in [0.25, 0.3) is 10.9 Å². The quantitative estimate of drug-likeness (QED) is 0.149. The van der Waals surface area contributed by atoms with Gasteiger partial charge in [-0.05, 0) is 41.5 Å². The second-order valence-corrected chi connectivity index (χ2v) is 12.7. The molecule has 0 saturated carbocycles. The molecular weight excluding hydrogens is 620 g/mol. The van der Waals surface area contributed by atoms with Gasteiger partial charge in [0.25, 0.3) is 0 Å². The second kappa shape index (κ2) is 13.3. The summed E-state index contributed by atoms with van der Waals surface area (Å²) in [5, 5.41) is 20.4. The number of nitrogens with zero attached hydrogens (tertiary/aromatic N) is 5. The fourth-order valence-corrected chi connectivity index (χ4v) is 6.96. The molecule has 2 aliphatic heterocycles. The van der Waals surface area contributed by atoms with Crippen molar-refractivity contribution in [3.8, 4) is 5.75 Å². The van der Waals surface area contributed by atoms with E-state index in [-0.39, 0.29) is 49.7 Å². The highest BCUT2D eigenvalue weighted by Crippen LogP contribution is 2.30. The molecule has 12 heteroatoms. The summed E-state index contributed by atoms with van der Waals surface area (Å²) in [6, 6.07) is 28.8. The number of nitrogens with one attached hydrogen (secondary N) is 2. The van der Waals surface area contributed by atoms with Crippen molar-refractivity contribution in [1.29, 1.82) is 0 Å². The van der Waals surface area contributed by atoms with Crippen LogP contribution in [-0.4, -0.2) is 80.2 Å². The lowest BCUT2D eigenvalue weighted by Crippen LogP contribution is -2.76. The number of rotatable bonds is 8. The molecule has 5 N–H and O–H groups in total. The number of amides is 4. The zero-order valence-electron chi connectivity index (χ0n) is 27.2. The van der Waals surface area contributed by atoms with E-state index in [4.69, 9.17) is 5.73 Å². The Morgan fingerprint density at radius 1 is 0.959 bits per heavy atom. The van der Waals surface area contributed by atoms with Crippen molar-refractivity contribution >= 4 is 34.4 Å². The van der Waals surface area contributed by atoms with Gasteiger partial charge in [-0.15, -0.1) is 4.68 Å². The highest BCUT2D eigenvalue weighted by Gasteiger charge is 2.50. The molecule has 0 aliphatic carbocycles. The minimum absolute atomic E-state index is 0.0543. The predicted molar refractivity (Wildman–Crippen MR) is 183 cm³/mol. The van der Waals surface area contributed by atoms with Gasteiger partial charge in [0, 0.05) is 36.8 Å². The number of aromatic nitrogens is 2. The number of carbonyl (C=O) groups is 3. The minimum Gasteiger partial charge on any atom is -0.508 e. The van der Waals surface area contributed by atoms with E-state index >= 15 is 0 Å². The van der Waals surface area contributed by atoms with Crippen LogP contribution in [0.2, 0.25) is 0 Å². The van der Waals surface area contributed by atoms with Gasteiger partial charge < -0.3 is 26.0 Å². The minimum atomic E-state index is -0.862. The van der Waals surface area contributed by atoms with Crippen molar-refractivity contribution in [3.63, 3.8) is 0 Å². The van der Waals surface area contributed by atoms with Crippen LogP contribution >= 0.6 is 0 Å². The fourth-order valence-electron chi connectivity index (χ4n) is 6.96. The summed E-state index contributed by atoms with van der Waals surface area (Å²) in [5.41, 5.74) is 11.4. The normalized spacial score (nSPS) is 18.2. The molecule has 0 bridgehead atoms. The molecule has 0 spiro atoms. The number of phenolic OH excluding ortho intramolecular Hbond substituents is 1. The van der Waals surface area contributed by atoms with Crippen molar-refractivity contribution in [2.45, 2.75) is 38.3 Å². The topological polar surface area (TPSA) is 142 Å². The highest BCUT2D eigenvalue weighted by atomic mass is 16.3. The van der Waals surface area contributed by atoms with Crippen molar-refractivity contribution < 1.29 is 24.2 Å². The molecular formula is C37H39N8O4+. The van der Waals surface area contributed by atoms with Crippen LogP contribution in [0.1, 0.15) is 22.3 Å². The van der Waals surface area contributed by atoms with E-state index in [0.717, 1.165) is 33.2 Å². The lowest BCUT2D eigenvalue weighted by atomic mass is 9.98. The molecule has 4 aromatic carbocycles. The Morgan fingerprint density at radius 3 is 2.49 bits per heavy atom. The van der Waals surface area contributed by atoms with Gasteiger partial charge in [0.15, 0.2) is 6.54 Å². The summed E-state index contributed by atoms with van der Waals surface area (Å²) in [6.45, 7) is 1.19. The number of carbonyl (C=O) groups excluding carboxylic acids is 3. The molecule has 2 atom stereocenters. The zero-order valence-corrected chi connectivity index (χ0v) is 27.2. The first-order valence-electron chi connectivity index (χ1n) is 16.3. The molecule has 250 valence electrons. The number of aromatic amines is 1. The number of hydrazine groups is 1. The van der Waals surface area contributed by atoms with Crippen molar-refractivity contribution in [1.82, 2.24) is 30.2 Å². The number of hydrogen-bond donors (Lipinski definition) is 4. The molecule has 2 fully saturated rings. The molecule has 2 saturated heterocycles. The predicted octanol–water partition coefficient (Wildman–Crippen LogP) is 2.97. The average molecular weight is 660 g/mol. The number of anilines is 1. The van der Waals surface area contributed by atoms with E-state index in [0.29, 0.717) is 18.8 Å². The number of urea groups is 1. The monoisotopic (exact) mass is 659 g/mol. The standard InChI is InChI=1S/C37H38N8O4/c1-41-24-34(47)44-32(18-25-13-15-31(46)16-14-25)36(48)42(23-33(44)45(41)37(49)39-19-26-7-3-2-4-8-26)22-29-11-6-10-28-20-40-43(35(28)29)21-27-9-5-12-30(38)17-27/h2-17,20,32-33H,18-19,21-24,38H2,1H3,(H2,39,46,49)/p+1/t32-,33-/m0/s1. The molecule has 1 aromatic heterocycles. The molecule has 0 radical (unpaired) electrons. The van der Waals surface area contributed by atoms with E-state index in [1.807, 2.05) is 83.7 Å². The number of likely N-dealkylation sites (N-methyl/N-ethyl adjacent to an activating group) is 1. The smallest absolute Gasteiger partial charge is 0.334 e. The molecule has 4 amide bonds. The number of aromatic hydroxyl groups is 1. The second-order valence-electron chi connectivity index (χ2n) is 12.7. The maximum Gasteiger partial charge on any atom is 0.334 e. The Bertz CT molecular complexity index is 2000. The number of fused-ring (bicyclic) bond motifs is 2. The molecule has 2 aliphatic rings. The number of piperazine rings is 1. The van der Waals surface area contributed by atoms with Crippen LogP contribution in [-0.2, 0) is 35.6 Å². The summed E-state index contributed by atoms with van der Waals surface area (Å²) < 4.78 is 2.04. The largest absolute Gasteiger partial charge is 0.508 e. The number of benzene rings is 4. The Hall–Kier alpha value is -5.88. The number of para-hydroxylation sites is 1. The van der Waals surface area contributed by atoms with E-state index in [2.05, 4.69) is 10.4 Å². The van der Waals surface area contributed by atoms with Crippen LogP contribution in [0.5, 0.6) is 5.75 Å². The van der Waals surface area contributed by atoms with E-state index in [1.54, 1.807) is 51.1 Å². The molecule has 3 heterocycles. The van der Waals surface area contributed by atoms with Gasteiger partial charge in [0.1, 0.15) is 18.0 Å². The summed E-state index contributed by atoms with van der Waals surface area (Å²) in [5.74, 6) is -0.327. The van der Waals surface area contributed by atoms with Gasteiger partial charge in [-0.3, -0.25) is 9.59 Å². The molecule has 7 rings (SSSR count). The Balaban J connectivity index is 1.23. The average Bonchev–Trinajstić information content (AvgIpc) is 3.50. The van der Waals surface area contributed by atoms with Crippen LogP contribution in [0.15, 0.2) is 103 Å². The van der Waals surface area contributed by atoms with Gasteiger partial charge in [0.2, 0.25) is 17.3 Å². The first-order valence-corrected chi connectivity index (χ1v) is 16.3. The third-order valence-corrected chi connectivity index (χ3v) is 9.25. The maximum absolute atomic E-state index is 14.5. The molecule has 0 unspecified atom stereocenters. The maximum atomic E-state index is 14.5. The van der Waals surface area contributed by atoms with E-state index < -0.39 is 12.2 Å². The highest BCUT2D eigenvalue weighted by molar-refractivity contribution is 5.92. The number of nitrogen functional groups attached to an aromatic ring is 1. The van der Waals surface area contributed by atoms with Crippen molar-refractivity contribution in [2.75, 3.05) is 25.9 Å². The van der Waals surface area contributed by atoms with Crippen LogP contribution in [0.3, 0.4) is 0 Å². The van der Waals surface area contributed by atoms with Crippen LogP contribution in [0, 0.1) is 0 Å². The van der Waals surface area contributed by atoms with Crippen molar-refractivity contribution in [2.24, 2.45) is 0 Å². The third kappa shape index (κ3) is 6.50. The zero-order chi connectivity index (χ0) is 34.1.